The standard InChI is InChI=1S/C54H37N5/c1-54(2)45-18-8-3-13-39(45)40-32-31-38(33-46(40)54)36-25-23-34(24-26-36)35-27-29-37(30-28-35)51-55-52(58-47-19-9-4-14-41(47)42-15-5-10-20-48(42)58)57-53(56-51)59-49-21-11-6-16-43(49)44-17-7-12-22-50(44)59/h3-33H,1-2H3. The quantitative estimate of drug-likeness (QED) is 0.176. The van der Waals surface area contributed by atoms with Gasteiger partial charge in [-0.15, -0.1) is 0 Å². The summed E-state index contributed by atoms with van der Waals surface area (Å²) in [6.07, 6.45) is 0. The van der Waals surface area contributed by atoms with Crippen molar-refractivity contribution in [3.05, 3.63) is 199 Å². The van der Waals surface area contributed by atoms with Crippen molar-refractivity contribution in [2.45, 2.75) is 19.3 Å². The SMILES string of the molecule is CC1(C)c2ccccc2-c2ccc(-c3ccc(-c4ccc(-c5nc(-n6c7ccccc7c7ccccc76)nc(-n6c7ccccc7c7ccccc76)n5)cc4)cc3)cc21. The minimum absolute atomic E-state index is 0.0312. The van der Waals surface area contributed by atoms with Gasteiger partial charge in [-0.1, -0.05) is 172 Å². The Hall–Kier alpha value is -7.63. The van der Waals surface area contributed by atoms with Gasteiger partial charge in [-0.3, -0.25) is 9.13 Å². The maximum atomic E-state index is 5.28. The first-order chi connectivity index (χ1) is 29.0. The zero-order valence-corrected chi connectivity index (χ0v) is 32.6. The van der Waals surface area contributed by atoms with E-state index in [1.165, 1.54) is 33.4 Å². The molecule has 8 aromatic carbocycles. The number of nitrogens with zero attached hydrogens (tertiary/aromatic N) is 5. The molecule has 0 bridgehead atoms. The minimum atomic E-state index is -0.0312. The number of rotatable bonds is 5. The van der Waals surface area contributed by atoms with E-state index in [1.807, 2.05) is 0 Å². The summed E-state index contributed by atoms with van der Waals surface area (Å²) in [6, 6.07) is 67.2. The third-order valence-electron chi connectivity index (χ3n) is 12.5. The van der Waals surface area contributed by atoms with Gasteiger partial charge >= 0.3 is 0 Å². The van der Waals surface area contributed by atoms with Crippen molar-refractivity contribution in [2.75, 3.05) is 0 Å². The Morgan fingerprint density at radius 2 is 0.712 bits per heavy atom. The van der Waals surface area contributed by atoms with Crippen molar-refractivity contribution in [3.8, 4) is 56.7 Å². The fraction of sp³-hybridized carbons (Fsp3) is 0.0556. The molecule has 1 aliphatic rings. The lowest BCUT2D eigenvalue weighted by atomic mass is 9.81. The van der Waals surface area contributed by atoms with Crippen molar-refractivity contribution in [3.63, 3.8) is 0 Å². The highest BCUT2D eigenvalue weighted by Gasteiger charge is 2.35. The normalized spacial score (nSPS) is 13.1. The number of aromatic nitrogens is 5. The van der Waals surface area contributed by atoms with Gasteiger partial charge in [0.1, 0.15) is 0 Å². The third kappa shape index (κ3) is 5.08. The summed E-state index contributed by atoms with van der Waals surface area (Å²) in [7, 11) is 0. The van der Waals surface area contributed by atoms with Gasteiger partial charge < -0.3 is 0 Å². The van der Waals surface area contributed by atoms with Crippen LogP contribution in [0.1, 0.15) is 25.0 Å². The van der Waals surface area contributed by atoms with E-state index in [4.69, 9.17) is 15.0 Å². The molecule has 0 fully saturated rings. The maximum Gasteiger partial charge on any atom is 0.240 e. The summed E-state index contributed by atoms with van der Waals surface area (Å²) in [5, 5.41) is 4.63. The molecule has 5 heteroatoms. The van der Waals surface area contributed by atoms with Crippen LogP contribution in [0.5, 0.6) is 0 Å². The lowest BCUT2D eigenvalue weighted by Crippen LogP contribution is -2.14. The van der Waals surface area contributed by atoms with Crippen LogP contribution < -0.4 is 0 Å². The van der Waals surface area contributed by atoms with E-state index in [2.05, 4.69) is 211 Å². The molecule has 0 N–H and O–H groups in total. The van der Waals surface area contributed by atoms with Crippen LogP contribution >= 0.6 is 0 Å². The molecule has 59 heavy (non-hydrogen) atoms. The fourth-order valence-corrected chi connectivity index (χ4v) is 9.51. The first-order valence-corrected chi connectivity index (χ1v) is 20.2. The molecule has 278 valence electrons. The van der Waals surface area contributed by atoms with Crippen molar-refractivity contribution < 1.29 is 0 Å². The third-order valence-corrected chi connectivity index (χ3v) is 12.5. The molecule has 0 spiro atoms. The molecule has 0 amide bonds. The lowest BCUT2D eigenvalue weighted by molar-refractivity contribution is 0.660. The van der Waals surface area contributed by atoms with Gasteiger partial charge in [0.2, 0.25) is 11.9 Å². The molecule has 0 saturated carbocycles. The summed E-state index contributed by atoms with van der Waals surface area (Å²) in [5.74, 6) is 1.75. The average Bonchev–Trinajstić information content (AvgIpc) is 3.89. The van der Waals surface area contributed by atoms with Gasteiger partial charge in [0.15, 0.2) is 5.82 Å². The van der Waals surface area contributed by atoms with Crippen LogP contribution in [0.15, 0.2) is 188 Å². The van der Waals surface area contributed by atoms with E-state index in [0.29, 0.717) is 17.7 Å². The number of benzene rings is 8. The highest BCUT2D eigenvalue weighted by atomic mass is 15.3. The summed E-state index contributed by atoms with van der Waals surface area (Å²) >= 11 is 0. The highest BCUT2D eigenvalue weighted by Crippen LogP contribution is 2.49. The van der Waals surface area contributed by atoms with Gasteiger partial charge in [0.05, 0.1) is 22.1 Å². The van der Waals surface area contributed by atoms with E-state index in [1.54, 1.807) is 0 Å². The molecule has 11 aromatic rings. The molecule has 0 radical (unpaired) electrons. The van der Waals surface area contributed by atoms with Gasteiger partial charge in [-0.2, -0.15) is 15.0 Å². The van der Waals surface area contributed by atoms with Crippen LogP contribution in [-0.2, 0) is 5.41 Å². The Bertz CT molecular complexity index is 3220. The van der Waals surface area contributed by atoms with Crippen LogP contribution in [0.4, 0.5) is 0 Å². The second-order valence-corrected chi connectivity index (χ2v) is 16.1. The van der Waals surface area contributed by atoms with Crippen LogP contribution in [-0.4, -0.2) is 24.1 Å². The van der Waals surface area contributed by atoms with Crippen LogP contribution in [0.2, 0.25) is 0 Å². The highest BCUT2D eigenvalue weighted by molar-refractivity contribution is 6.10. The van der Waals surface area contributed by atoms with E-state index in [0.717, 1.165) is 60.3 Å². The van der Waals surface area contributed by atoms with Gasteiger partial charge in [0, 0.05) is 32.5 Å². The molecule has 12 rings (SSSR count). The molecular weight excluding hydrogens is 719 g/mol. The molecule has 3 aromatic heterocycles. The predicted molar refractivity (Wildman–Crippen MR) is 242 cm³/mol. The topological polar surface area (TPSA) is 48.5 Å². The molecule has 0 unspecified atom stereocenters. The predicted octanol–water partition coefficient (Wildman–Crippen LogP) is 13.4. The van der Waals surface area contributed by atoms with E-state index in [-0.39, 0.29) is 5.41 Å². The fourth-order valence-electron chi connectivity index (χ4n) is 9.51. The zero-order valence-electron chi connectivity index (χ0n) is 32.6. The molecule has 3 heterocycles. The first-order valence-electron chi connectivity index (χ1n) is 20.2. The van der Waals surface area contributed by atoms with Gasteiger partial charge in [-0.25, -0.2) is 0 Å². The molecule has 0 saturated heterocycles. The van der Waals surface area contributed by atoms with Gasteiger partial charge in [-0.05, 0) is 74.8 Å². The molecule has 0 atom stereocenters. The summed E-state index contributed by atoms with van der Waals surface area (Å²) in [4.78, 5) is 15.8. The largest absolute Gasteiger partial charge is 0.278 e. The van der Waals surface area contributed by atoms with Crippen molar-refractivity contribution in [1.29, 1.82) is 0 Å². The minimum Gasteiger partial charge on any atom is -0.278 e. The van der Waals surface area contributed by atoms with Crippen LogP contribution in [0.25, 0.3) is 100 Å². The Morgan fingerprint density at radius 1 is 0.339 bits per heavy atom. The number of para-hydroxylation sites is 4. The molecule has 0 aliphatic heterocycles. The Kier molecular flexibility index (Phi) is 7.20. The van der Waals surface area contributed by atoms with E-state index in [9.17, 15) is 0 Å². The number of hydrogen-bond donors (Lipinski definition) is 0. The van der Waals surface area contributed by atoms with Crippen molar-refractivity contribution in [2.24, 2.45) is 0 Å². The molecule has 5 nitrogen and oxygen atoms in total. The number of hydrogen-bond acceptors (Lipinski definition) is 3. The second kappa shape index (κ2) is 12.7. The van der Waals surface area contributed by atoms with Crippen molar-refractivity contribution >= 4 is 43.6 Å². The first kappa shape index (κ1) is 33.5. The summed E-state index contributed by atoms with van der Waals surface area (Å²) in [6.45, 7) is 4.67. The average molecular weight is 756 g/mol. The maximum absolute atomic E-state index is 5.28. The Labute approximate surface area is 341 Å². The lowest BCUT2D eigenvalue weighted by Gasteiger charge is -2.22. The van der Waals surface area contributed by atoms with E-state index < -0.39 is 0 Å². The second-order valence-electron chi connectivity index (χ2n) is 16.1. The molecular formula is C54H37N5. The monoisotopic (exact) mass is 755 g/mol. The van der Waals surface area contributed by atoms with Crippen LogP contribution in [0, 0.1) is 0 Å². The van der Waals surface area contributed by atoms with E-state index >= 15 is 0 Å². The Morgan fingerprint density at radius 3 is 1.20 bits per heavy atom. The zero-order chi connectivity index (χ0) is 39.2. The van der Waals surface area contributed by atoms with Gasteiger partial charge in [0.25, 0.3) is 0 Å². The van der Waals surface area contributed by atoms with Crippen LogP contribution in [0.3, 0.4) is 0 Å². The smallest absolute Gasteiger partial charge is 0.240 e. The summed E-state index contributed by atoms with van der Waals surface area (Å²) < 4.78 is 4.34. The number of fused-ring (bicyclic) bond motifs is 9. The van der Waals surface area contributed by atoms with Crippen molar-refractivity contribution in [1.82, 2.24) is 24.1 Å². The Balaban J connectivity index is 0.957. The summed E-state index contributed by atoms with van der Waals surface area (Å²) in [5.41, 5.74) is 15.3. The molecule has 1 aliphatic carbocycles.